The van der Waals surface area contributed by atoms with Crippen LogP contribution >= 0.6 is 30.4 Å². The second kappa shape index (κ2) is 39.3. The number of aliphatic carboxylic acids is 1. The summed E-state index contributed by atoms with van der Waals surface area (Å²) in [5.74, 6) is 1.84. The van der Waals surface area contributed by atoms with Gasteiger partial charge in [0, 0.05) is 0 Å². The Kier molecular flexibility index (Phi) is 38.6. The molecule has 0 saturated heterocycles. The first-order valence-corrected chi connectivity index (χ1v) is 48.9. The van der Waals surface area contributed by atoms with E-state index in [0.29, 0.717) is 121 Å². The van der Waals surface area contributed by atoms with Crippen molar-refractivity contribution in [3.05, 3.63) is 137 Å². The molecule has 0 aliphatic carbocycles. The molecule has 0 saturated carbocycles. The van der Waals surface area contributed by atoms with Crippen molar-refractivity contribution in [2.45, 2.75) is 109 Å². The summed E-state index contributed by atoms with van der Waals surface area (Å²) in [7, 11) is -34.6. The molecule has 518 valence electrons. The number of nitrogens with zero attached hydrogens (tertiary/aromatic N) is 10. The largest absolute Gasteiger partial charge is 1.00 e. The first kappa shape index (κ1) is 103. The van der Waals surface area contributed by atoms with E-state index < -0.39 is 85.4 Å². The third-order valence-corrected chi connectivity index (χ3v) is 40.5. The molecule has 26 nitrogen and oxygen atoms in total. The minimum atomic E-state index is -7.37. The molecule has 12 rings (SSSR count). The van der Waals surface area contributed by atoms with Crippen LogP contribution in [0.2, 0.25) is 38.3 Å². The number of carbonyl (C=O) groups is 1. The molecule has 0 fully saturated rings. The number of fused-ring (bicyclic) bond motifs is 12. The summed E-state index contributed by atoms with van der Waals surface area (Å²) in [6, 6.07) is 32.6. The van der Waals surface area contributed by atoms with Crippen molar-refractivity contribution in [2.75, 3.05) is 77.0 Å². The zero-order chi connectivity index (χ0) is 68.8. The molecule has 42 heteroatoms. The summed E-state index contributed by atoms with van der Waals surface area (Å²) in [6.45, 7) is 15.0. The fraction of sp³-hybridized carbons (Fsp3) is 0.460. The Morgan fingerprint density at radius 3 is 1.16 bits per heavy atom. The average molecular weight is 1650 g/mol. The Morgan fingerprint density at radius 2 is 0.800 bits per heavy atom. The van der Waals surface area contributed by atoms with Gasteiger partial charge in [0.15, 0.2) is 0 Å². The maximum Gasteiger partial charge on any atom is 1.00 e. The third-order valence-electron chi connectivity index (χ3n) is 20.3. The van der Waals surface area contributed by atoms with Crippen LogP contribution in [0.1, 0.15) is 92.9 Å². The van der Waals surface area contributed by atoms with E-state index in [4.69, 9.17) is 20.0 Å². The van der Waals surface area contributed by atoms with Gasteiger partial charge < -0.3 is 9.90 Å². The molecule has 0 amide bonds. The summed E-state index contributed by atoms with van der Waals surface area (Å²) in [6.07, 6.45) is -0.133. The van der Waals surface area contributed by atoms with Crippen LogP contribution in [0.3, 0.4) is 0 Å². The number of unbranched alkanes of at least 4 members (excludes halogenated alkanes) is 2. The van der Waals surface area contributed by atoms with Crippen molar-refractivity contribution in [1.82, 2.24) is 8.47 Å². The summed E-state index contributed by atoms with van der Waals surface area (Å²) in [5.41, 5.74) is 3.98. The molecule has 0 bridgehead atoms. The van der Waals surface area contributed by atoms with Gasteiger partial charge >= 0.3 is 818 Å². The summed E-state index contributed by atoms with van der Waals surface area (Å²) in [4.78, 5) is 131. The second-order valence-electron chi connectivity index (χ2n) is 28.2. The van der Waals surface area contributed by atoms with Gasteiger partial charge in [0.2, 0.25) is 0 Å². The molecule has 0 radical (unpaired) electrons. The number of hydrogen-bond acceptors (Lipinski definition) is 19. The van der Waals surface area contributed by atoms with Gasteiger partial charge in [-0.05, 0) is 0 Å². The molecule has 4 aromatic carbocycles. The first-order chi connectivity index (χ1) is 45.1. The molecule has 2 atom stereocenters. The van der Waals surface area contributed by atoms with Crippen LogP contribution in [0.25, 0.3) is 21.5 Å². The maximum atomic E-state index is 12.4. The number of carbonyl (C=O) groups excluding carboxylic acids is 1. The number of rotatable bonds is 36. The van der Waals surface area contributed by atoms with E-state index in [2.05, 4.69) is 50.1 Å². The Labute approximate surface area is 814 Å². The number of aromatic nitrogens is 2. The zero-order valence-corrected chi connectivity index (χ0v) is 88.0. The Hall–Kier alpha value is 3.80. The van der Waals surface area contributed by atoms with E-state index in [9.17, 15) is 75.5 Å². The van der Waals surface area contributed by atoms with Crippen LogP contribution in [0.5, 0.6) is 0 Å². The molecule has 2 unspecified atom stereocenters. The summed E-state index contributed by atoms with van der Waals surface area (Å²) in [5, 5.41) is 14.5. The van der Waals surface area contributed by atoms with E-state index in [-0.39, 0.29) is 335 Å². The molecule has 2 aromatic heterocycles. The standard InChI is InChI=1S/C63H88N10O16P4Si3.9Na/c1-6-33-72(35-18-41-90(76,77)78,34-17-7-8-32-55(74)75)39-22-45-94(2,3)88-96(89-95(4,5)46-23-40-73(36-19-42-91(79,80)81,37-20-43-92(82,83)84)38-21-44-93(85,86)87)68-56-47-24-9-10-25-48(47)57(68)65-59-51-28-13-14-29-52(51)61(70(59)96)67-63-54-31-16-15-30-53(54)62(71(63)96)66-60-50-27-12-11-26-49(50)58(64-56)69(60)96;;;;;;;;;/h9-16,24-31H,1,6-8,17-23,32-46H2,2-5H3,(H8-,74,75,76,77,78,79,80,81,82,83,84,85,86,87);;;;;;;;;/q;9*+1/p-7. The van der Waals surface area contributed by atoms with E-state index in [1.54, 1.807) is 0 Å². The minimum absolute atomic E-state index is 0. The van der Waals surface area contributed by atoms with Gasteiger partial charge in [-0.25, -0.2) is 0 Å². The minimum Gasteiger partial charge on any atom is 1.00 e. The normalized spacial score (nSPS) is 17.3. The quantitative estimate of drug-likeness (QED) is 0.0125. The Morgan fingerprint density at radius 1 is 0.467 bits per heavy atom. The SMILES string of the molecule is [CH2-]CC[N+](CCCCCC(=O)[O-])(CCC[Si](C)(C)O[Si-2]123(O[Si](C)(C)CCC[N+](CCCP(=O)([O-])[O-])(CCCP(=O)([O-])[O-])CCCP(=O)([O-])O)n4c5c6ccccc6c4N=C4c6ccccc6C(=[N+]41)N=c1c4ccccc4c(n12)=NC1=[N+]3C(=N5)c2ccccc21)CCCP(=O)([O-])[O-].[Na+].[Na+].[Na+].[Na+].[Na+].[Na+].[Na+].[Na+].[Na+]. The van der Waals surface area contributed by atoms with Crippen molar-refractivity contribution in [1.29, 1.82) is 0 Å². The van der Waals surface area contributed by atoms with Crippen LogP contribution in [0, 0.1) is 6.92 Å². The van der Waals surface area contributed by atoms with E-state index in [1.165, 1.54) is 0 Å². The summed E-state index contributed by atoms with van der Waals surface area (Å²) < 4.78 is 77.0. The smallest absolute Gasteiger partial charge is 1.00 e. The molecule has 8 heterocycles. The second-order valence-corrected chi connectivity index (χ2v) is 49.2. The predicted octanol–water partition coefficient (Wildman–Crippen LogP) is -24.4. The predicted molar refractivity (Wildman–Crippen MR) is 356 cm³/mol. The number of amidine groups is 4. The number of quaternary nitrogens is 2. The zero-order valence-electron chi connectivity index (χ0n) is 63.5. The monoisotopic (exact) mass is 1650 g/mol. The number of carboxylic acid groups (broad SMARTS) is 1. The number of benzene rings is 4. The summed E-state index contributed by atoms with van der Waals surface area (Å²) >= 11 is 0. The Balaban J connectivity index is 0.00000318. The maximum absolute atomic E-state index is 12.4. The average Bonchev–Trinajstić information content (AvgIpc) is 1.47. The van der Waals surface area contributed by atoms with Gasteiger partial charge in [-0.1, -0.05) is 0 Å². The van der Waals surface area contributed by atoms with E-state index in [0.717, 1.165) is 43.8 Å². The first-order valence-electron chi connectivity index (χ1n) is 33.1. The molecule has 105 heavy (non-hydrogen) atoms. The molecule has 1 spiro atoms. The fourth-order valence-corrected chi connectivity index (χ4v) is 41.3. The molecular formula is C63H81N10Na9O16P4Si3+2. The van der Waals surface area contributed by atoms with Crippen LogP contribution in [0.15, 0.2) is 117 Å². The van der Waals surface area contributed by atoms with Gasteiger partial charge in [-0.2, -0.15) is 0 Å². The van der Waals surface area contributed by atoms with Gasteiger partial charge in [0.25, 0.3) is 0 Å². The van der Waals surface area contributed by atoms with Crippen molar-refractivity contribution in [2.24, 2.45) is 20.0 Å². The van der Waals surface area contributed by atoms with Crippen LogP contribution < -0.4 is 316 Å². The van der Waals surface area contributed by atoms with Crippen molar-refractivity contribution < 1.29 is 359 Å². The van der Waals surface area contributed by atoms with Crippen molar-refractivity contribution >= 4 is 117 Å². The molecule has 6 aliphatic heterocycles. The molecule has 1 N–H and O–H groups in total. The van der Waals surface area contributed by atoms with Gasteiger partial charge in [-0.3, -0.25) is 0 Å². The topological polar surface area (TPSA) is 374 Å². The number of aliphatic imine (C=N–C) groups is 2. The van der Waals surface area contributed by atoms with Gasteiger partial charge in [-0.15, -0.1) is 0 Å². The van der Waals surface area contributed by atoms with Crippen molar-refractivity contribution in [3.8, 4) is 0 Å². The van der Waals surface area contributed by atoms with E-state index in [1.807, 2.05) is 97.1 Å². The Bertz CT molecular complexity index is 4470. The molecular weight excluding hydrogens is 1570 g/mol. The number of carboxylic acids is 1. The third kappa shape index (κ3) is 20.1. The van der Waals surface area contributed by atoms with E-state index >= 15 is 0 Å². The van der Waals surface area contributed by atoms with Gasteiger partial charge in [0.1, 0.15) is 0 Å². The molecule has 6 aliphatic rings. The van der Waals surface area contributed by atoms with Crippen LogP contribution in [0.4, 0.5) is 11.6 Å². The number of hydrogen-bond donors (Lipinski definition) is 1. The van der Waals surface area contributed by atoms with Crippen LogP contribution in [-0.4, -0.2) is 162 Å². The van der Waals surface area contributed by atoms with Gasteiger partial charge in [0.05, 0.1) is 0 Å². The van der Waals surface area contributed by atoms with Crippen molar-refractivity contribution in [3.63, 3.8) is 0 Å². The fourth-order valence-electron chi connectivity index (χ4n) is 16.9. The molecule has 6 aromatic rings. The van der Waals surface area contributed by atoms with Crippen LogP contribution in [-0.2, 0) is 31.3 Å².